The zero-order chi connectivity index (χ0) is 17.9. The molecule has 0 heterocycles. The summed E-state index contributed by atoms with van der Waals surface area (Å²) >= 11 is 0. The van der Waals surface area contributed by atoms with Crippen LogP contribution in [-0.4, -0.2) is 36.2 Å². The molecule has 1 saturated carbocycles. The van der Waals surface area contributed by atoms with Gasteiger partial charge in [-0.3, -0.25) is 4.90 Å². The van der Waals surface area contributed by atoms with Gasteiger partial charge in [0.05, 0.1) is 0 Å². The number of nitrogens with zero attached hydrogens (tertiary/aromatic N) is 1. The number of ether oxygens (including phenoxy) is 1. The summed E-state index contributed by atoms with van der Waals surface area (Å²) in [6, 6.07) is 4.27. The third-order valence-corrected chi connectivity index (χ3v) is 4.04. The van der Waals surface area contributed by atoms with E-state index in [0.29, 0.717) is 24.6 Å². The van der Waals surface area contributed by atoms with Gasteiger partial charge in [-0.05, 0) is 52.6 Å². The molecule has 0 saturated heterocycles. The molecule has 1 amide bonds. The highest BCUT2D eigenvalue weighted by molar-refractivity contribution is 5.67. The van der Waals surface area contributed by atoms with E-state index < -0.39 is 23.3 Å². The molecule has 1 atom stereocenters. The molecule has 1 aromatic rings. The fraction of sp³-hybridized carbons (Fsp3) is 0.611. The summed E-state index contributed by atoms with van der Waals surface area (Å²) in [6.45, 7) is 6.14. The van der Waals surface area contributed by atoms with Gasteiger partial charge in [-0.2, -0.15) is 0 Å². The smallest absolute Gasteiger partial charge is 0.407 e. The van der Waals surface area contributed by atoms with E-state index in [1.165, 1.54) is 6.07 Å². The molecule has 0 spiro atoms. The molecule has 24 heavy (non-hydrogen) atoms. The van der Waals surface area contributed by atoms with Gasteiger partial charge in [0.25, 0.3) is 0 Å². The van der Waals surface area contributed by atoms with Crippen LogP contribution in [0.1, 0.15) is 39.2 Å². The molecular formula is C18H26F2N2O2. The number of carbonyl (C=O) groups is 1. The number of halogens is 2. The Kier molecular flexibility index (Phi) is 5.80. The third kappa shape index (κ3) is 5.44. The molecule has 0 radical (unpaired) electrons. The monoisotopic (exact) mass is 340 g/mol. The van der Waals surface area contributed by atoms with Crippen molar-refractivity contribution in [1.82, 2.24) is 10.2 Å². The summed E-state index contributed by atoms with van der Waals surface area (Å²) in [4.78, 5) is 13.8. The zero-order valence-electron chi connectivity index (χ0n) is 14.7. The molecule has 0 aliphatic heterocycles. The van der Waals surface area contributed by atoms with Gasteiger partial charge in [0.1, 0.15) is 5.60 Å². The highest BCUT2D eigenvalue weighted by Crippen LogP contribution is 2.35. The van der Waals surface area contributed by atoms with Crippen molar-refractivity contribution in [2.75, 3.05) is 13.6 Å². The fourth-order valence-electron chi connectivity index (χ4n) is 2.72. The first-order valence-electron chi connectivity index (χ1n) is 8.27. The highest BCUT2D eigenvalue weighted by Gasteiger charge is 2.34. The fourth-order valence-corrected chi connectivity index (χ4v) is 2.72. The second-order valence-electron chi connectivity index (χ2n) is 7.42. The van der Waals surface area contributed by atoms with Gasteiger partial charge in [0.15, 0.2) is 11.6 Å². The van der Waals surface area contributed by atoms with E-state index in [9.17, 15) is 13.6 Å². The van der Waals surface area contributed by atoms with Crippen LogP contribution in [-0.2, 0) is 11.3 Å². The van der Waals surface area contributed by atoms with Crippen LogP contribution in [0.25, 0.3) is 0 Å². The number of hydrogen-bond donors (Lipinski definition) is 1. The van der Waals surface area contributed by atoms with Gasteiger partial charge >= 0.3 is 6.09 Å². The van der Waals surface area contributed by atoms with Crippen LogP contribution >= 0.6 is 0 Å². The SMILES string of the molecule is CN(Cc1cccc(F)c1F)C(CNC(=O)OC(C)(C)C)C1CC1. The lowest BCUT2D eigenvalue weighted by Gasteiger charge is -2.29. The average Bonchev–Trinajstić information content (AvgIpc) is 3.27. The van der Waals surface area contributed by atoms with E-state index in [1.807, 2.05) is 32.7 Å². The van der Waals surface area contributed by atoms with Crippen LogP contribution in [0.15, 0.2) is 18.2 Å². The molecule has 2 rings (SSSR count). The van der Waals surface area contributed by atoms with Crippen molar-refractivity contribution >= 4 is 6.09 Å². The van der Waals surface area contributed by atoms with Gasteiger partial charge < -0.3 is 10.1 Å². The molecule has 1 N–H and O–H groups in total. The van der Waals surface area contributed by atoms with Gasteiger partial charge in [0, 0.05) is 24.7 Å². The number of amides is 1. The van der Waals surface area contributed by atoms with Crippen molar-refractivity contribution in [2.45, 2.75) is 51.8 Å². The molecule has 1 aliphatic carbocycles. The van der Waals surface area contributed by atoms with E-state index in [-0.39, 0.29) is 6.04 Å². The van der Waals surface area contributed by atoms with E-state index in [1.54, 1.807) is 6.07 Å². The largest absolute Gasteiger partial charge is 0.444 e. The van der Waals surface area contributed by atoms with E-state index in [2.05, 4.69) is 5.32 Å². The maximum absolute atomic E-state index is 13.9. The first kappa shape index (κ1) is 18.6. The van der Waals surface area contributed by atoms with Gasteiger partial charge in [-0.15, -0.1) is 0 Å². The van der Waals surface area contributed by atoms with Crippen LogP contribution in [0.5, 0.6) is 0 Å². The Labute approximate surface area is 142 Å². The summed E-state index contributed by atoms with van der Waals surface area (Å²) in [5.41, 5.74) is -0.226. The first-order chi connectivity index (χ1) is 11.2. The second kappa shape index (κ2) is 7.47. The molecule has 1 fully saturated rings. The molecular weight excluding hydrogens is 314 g/mol. The third-order valence-electron chi connectivity index (χ3n) is 4.04. The lowest BCUT2D eigenvalue weighted by molar-refractivity contribution is 0.0506. The Morgan fingerprint density at radius 1 is 1.38 bits per heavy atom. The van der Waals surface area contributed by atoms with E-state index in [0.717, 1.165) is 18.9 Å². The number of likely N-dealkylation sites (N-methyl/N-ethyl adjacent to an activating group) is 1. The molecule has 1 aromatic carbocycles. The number of benzene rings is 1. The van der Waals surface area contributed by atoms with Gasteiger partial charge in [-0.1, -0.05) is 12.1 Å². The Balaban J connectivity index is 1.95. The topological polar surface area (TPSA) is 41.6 Å². The van der Waals surface area contributed by atoms with E-state index >= 15 is 0 Å². The van der Waals surface area contributed by atoms with Crippen LogP contribution in [0.3, 0.4) is 0 Å². The Bertz CT molecular complexity index is 583. The summed E-state index contributed by atoms with van der Waals surface area (Å²) in [5.74, 6) is -1.18. The van der Waals surface area contributed by atoms with Crippen molar-refractivity contribution in [2.24, 2.45) is 5.92 Å². The first-order valence-corrected chi connectivity index (χ1v) is 8.27. The van der Waals surface area contributed by atoms with Gasteiger partial charge in [-0.25, -0.2) is 13.6 Å². The summed E-state index contributed by atoms with van der Waals surface area (Å²) in [6.07, 6.45) is 1.70. The van der Waals surface area contributed by atoms with Crippen LogP contribution < -0.4 is 5.32 Å². The molecule has 1 aliphatic rings. The Hall–Kier alpha value is -1.69. The van der Waals surface area contributed by atoms with Crippen molar-refractivity contribution in [3.63, 3.8) is 0 Å². The predicted molar refractivity (Wildman–Crippen MR) is 88.6 cm³/mol. The lowest BCUT2D eigenvalue weighted by atomic mass is 10.1. The normalized spacial score (nSPS) is 16.1. The average molecular weight is 340 g/mol. The Morgan fingerprint density at radius 3 is 2.62 bits per heavy atom. The minimum absolute atomic E-state index is 0.0696. The van der Waals surface area contributed by atoms with Crippen molar-refractivity contribution in [3.8, 4) is 0 Å². The standard InChI is InChI=1S/C18H26F2N2O2/c1-18(2,3)24-17(23)21-10-15(12-8-9-12)22(4)11-13-6-5-7-14(19)16(13)20/h5-7,12,15H,8-11H2,1-4H3,(H,21,23). The molecule has 0 aromatic heterocycles. The molecule has 134 valence electrons. The van der Waals surface area contributed by atoms with Crippen LogP contribution in [0, 0.1) is 17.6 Å². The summed E-state index contributed by atoms with van der Waals surface area (Å²) < 4.78 is 32.4. The van der Waals surface area contributed by atoms with E-state index in [4.69, 9.17) is 4.74 Å². The quantitative estimate of drug-likeness (QED) is 0.858. The molecule has 0 bridgehead atoms. The Morgan fingerprint density at radius 2 is 2.04 bits per heavy atom. The van der Waals surface area contributed by atoms with Crippen LogP contribution in [0.4, 0.5) is 13.6 Å². The maximum atomic E-state index is 13.9. The molecule has 1 unspecified atom stereocenters. The number of alkyl carbamates (subject to hydrolysis) is 1. The maximum Gasteiger partial charge on any atom is 0.407 e. The number of carbonyl (C=O) groups excluding carboxylic acids is 1. The molecule has 6 heteroatoms. The minimum atomic E-state index is -0.837. The van der Waals surface area contributed by atoms with Crippen LogP contribution in [0.2, 0.25) is 0 Å². The zero-order valence-corrected chi connectivity index (χ0v) is 14.7. The number of rotatable bonds is 6. The van der Waals surface area contributed by atoms with Crippen molar-refractivity contribution in [1.29, 1.82) is 0 Å². The predicted octanol–water partition coefficient (Wildman–Crippen LogP) is 3.70. The number of nitrogens with one attached hydrogen (secondary N) is 1. The summed E-state index contributed by atoms with van der Waals surface area (Å²) in [5, 5.41) is 2.78. The van der Waals surface area contributed by atoms with Crippen molar-refractivity contribution in [3.05, 3.63) is 35.4 Å². The minimum Gasteiger partial charge on any atom is -0.444 e. The molecule has 4 nitrogen and oxygen atoms in total. The van der Waals surface area contributed by atoms with Crippen molar-refractivity contribution < 1.29 is 18.3 Å². The highest BCUT2D eigenvalue weighted by atomic mass is 19.2. The number of hydrogen-bond acceptors (Lipinski definition) is 3. The second-order valence-corrected chi connectivity index (χ2v) is 7.42. The van der Waals surface area contributed by atoms with Gasteiger partial charge in [0.2, 0.25) is 0 Å². The lowest BCUT2D eigenvalue weighted by Crippen LogP contribution is -2.44. The summed E-state index contributed by atoms with van der Waals surface area (Å²) in [7, 11) is 1.87.